The molecule has 1 aromatic carbocycles. The van der Waals surface area contributed by atoms with Crippen LogP contribution in [0.5, 0.6) is 5.75 Å². The van der Waals surface area contributed by atoms with Gasteiger partial charge in [0.25, 0.3) is 5.56 Å². The van der Waals surface area contributed by atoms with Crippen molar-refractivity contribution in [2.45, 2.75) is 60.8 Å². The van der Waals surface area contributed by atoms with Crippen LogP contribution in [0.3, 0.4) is 0 Å². The molecule has 0 radical (unpaired) electrons. The third kappa shape index (κ3) is 6.31. The van der Waals surface area contributed by atoms with Crippen molar-refractivity contribution in [1.82, 2.24) is 4.98 Å². The maximum absolute atomic E-state index is 12.9. The molecule has 5 heteroatoms. The Morgan fingerprint density at radius 1 is 1.18 bits per heavy atom. The summed E-state index contributed by atoms with van der Waals surface area (Å²) in [6.45, 7) is 12.1. The first-order chi connectivity index (χ1) is 15.7. The molecule has 0 amide bonds. The van der Waals surface area contributed by atoms with Gasteiger partial charge in [-0.05, 0) is 80.5 Å². The van der Waals surface area contributed by atoms with Gasteiger partial charge in [0.2, 0.25) is 0 Å². The lowest BCUT2D eigenvalue weighted by atomic mass is 9.91. The van der Waals surface area contributed by atoms with Gasteiger partial charge in [0.15, 0.2) is 0 Å². The van der Waals surface area contributed by atoms with Crippen LogP contribution in [0.1, 0.15) is 66.4 Å². The number of aromatic hydroxyl groups is 1. The van der Waals surface area contributed by atoms with E-state index >= 15 is 0 Å². The Hall–Kier alpha value is -2.49. The second-order valence-electron chi connectivity index (χ2n) is 7.84. The standard InChI is InChI=1S/C26H27Cl2NO2.C2H6/c1-5-18(8-6-7-17(4)27)20-11-9-15(2)21(13-16(20)3)24-25(30)22-14-19(28)10-12-23(22)29-26(24)31;1-2/h7-12,14H,5-6,13H2,1-4H3,(H2,29,30,31);1-2H3/b17-7+,18-8+;. The van der Waals surface area contributed by atoms with Crippen LogP contribution in [0, 0.1) is 0 Å². The van der Waals surface area contributed by atoms with Crippen LogP contribution >= 0.6 is 23.2 Å². The van der Waals surface area contributed by atoms with Gasteiger partial charge in [-0.25, -0.2) is 0 Å². The van der Waals surface area contributed by atoms with E-state index in [4.69, 9.17) is 23.2 Å². The highest BCUT2D eigenvalue weighted by Gasteiger charge is 2.20. The first kappa shape index (κ1) is 26.8. The van der Waals surface area contributed by atoms with Gasteiger partial charge in [-0.2, -0.15) is 0 Å². The van der Waals surface area contributed by atoms with Crippen LogP contribution in [0.25, 0.3) is 16.5 Å². The number of rotatable bonds is 5. The maximum atomic E-state index is 12.9. The first-order valence-electron chi connectivity index (χ1n) is 11.4. The maximum Gasteiger partial charge on any atom is 0.259 e. The van der Waals surface area contributed by atoms with Gasteiger partial charge in [0, 0.05) is 15.4 Å². The number of aromatic amines is 1. The zero-order valence-electron chi connectivity index (χ0n) is 20.3. The van der Waals surface area contributed by atoms with Crippen molar-refractivity contribution >= 4 is 39.7 Å². The molecule has 3 rings (SSSR count). The number of halogens is 2. The Balaban J connectivity index is 0.00000187. The third-order valence-corrected chi connectivity index (χ3v) is 6.01. The molecule has 0 unspecified atom stereocenters. The average molecular weight is 486 g/mol. The topological polar surface area (TPSA) is 53.1 Å². The van der Waals surface area contributed by atoms with E-state index < -0.39 is 0 Å². The summed E-state index contributed by atoms with van der Waals surface area (Å²) in [6.07, 6.45) is 10.5. The summed E-state index contributed by atoms with van der Waals surface area (Å²) in [7, 11) is 0. The quantitative estimate of drug-likeness (QED) is 0.444. The smallest absolute Gasteiger partial charge is 0.259 e. The van der Waals surface area contributed by atoms with E-state index in [1.165, 1.54) is 5.57 Å². The van der Waals surface area contributed by atoms with Gasteiger partial charge in [0.1, 0.15) is 5.75 Å². The Labute approximate surface area is 206 Å². The number of benzene rings is 1. The van der Waals surface area contributed by atoms with Crippen LogP contribution in [-0.2, 0) is 0 Å². The van der Waals surface area contributed by atoms with E-state index in [9.17, 15) is 9.90 Å². The van der Waals surface area contributed by atoms with Gasteiger partial charge in [-0.1, -0.05) is 73.9 Å². The number of hydrogen-bond acceptors (Lipinski definition) is 2. The largest absolute Gasteiger partial charge is 0.506 e. The Morgan fingerprint density at radius 2 is 1.88 bits per heavy atom. The highest BCUT2D eigenvalue weighted by Crippen LogP contribution is 2.38. The molecule has 33 heavy (non-hydrogen) atoms. The summed E-state index contributed by atoms with van der Waals surface area (Å²) in [5.74, 6) is -0.0331. The van der Waals surface area contributed by atoms with E-state index in [1.54, 1.807) is 18.2 Å². The van der Waals surface area contributed by atoms with Crippen LogP contribution in [0.4, 0.5) is 0 Å². The number of allylic oxidation sites excluding steroid dienone is 10. The molecule has 1 aromatic heterocycles. The monoisotopic (exact) mass is 485 g/mol. The fourth-order valence-electron chi connectivity index (χ4n) is 3.95. The second kappa shape index (κ2) is 12.1. The molecule has 1 aliphatic rings. The summed E-state index contributed by atoms with van der Waals surface area (Å²) in [4.78, 5) is 15.8. The molecule has 1 aliphatic carbocycles. The fourth-order valence-corrected chi connectivity index (χ4v) is 4.22. The lowest BCUT2D eigenvalue weighted by molar-refractivity contribution is 0.478. The summed E-state index contributed by atoms with van der Waals surface area (Å²) < 4.78 is 0. The SMILES string of the molecule is CC.CC/C(=C\C/C=C(\C)Cl)C1=C(C)CC(c2c(O)c3cc(Cl)ccc3[nH]c2=O)=C(C)C=C1. The molecule has 3 nitrogen and oxygen atoms in total. The van der Waals surface area contributed by atoms with Crippen LogP contribution < -0.4 is 5.56 Å². The molecular weight excluding hydrogens is 453 g/mol. The lowest BCUT2D eigenvalue weighted by Gasteiger charge is -2.15. The van der Waals surface area contributed by atoms with E-state index in [-0.39, 0.29) is 11.3 Å². The first-order valence-corrected chi connectivity index (χ1v) is 12.1. The normalized spacial score (nSPS) is 15.0. The number of fused-ring (bicyclic) bond motifs is 1. The molecule has 0 saturated carbocycles. The summed E-state index contributed by atoms with van der Waals surface area (Å²) in [5.41, 5.74) is 5.87. The zero-order chi connectivity index (χ0) is 24.7. The summed E-state index contributed by atoms with van der Waals surface area (Å²) in [5, 5.41) is 12.8. The molecule has 0 aliphatic heterocycles. The van der Waals surface area contributed by atoms with Crippen molar-refractivity contribution in [1.29, 1.82) is 0 Å². The van der Waals surface area contributed by atoms with E-state index in [2.05, 4.69) is 31.0 Å². The van der Waals surface area contributed by atoms with Gasteiger partial charge in [0.05, 0.1) is 11.1 Å². The predicted octanol–water partition coefficient (Wildman–Crippen LogP) is 8.83. The molecule has 1 heterocycles. The van der Waals surface area contributed by atoms with E-state index in [0.29, 0.717) is 27.9 Å². The van der Waals surface area contributed by atoms with Crippen LogP contribution in [0.15, 0.2) is 74.6 Å². The van der Waals surface area contributed by atoms with Gasteiger partial charge < -0.3 is 10.1 Å². The van der Waals surface area contributed by atoms with Crippen molar-refractivity contribution in [2.75, 3.05) is 0 Å². The predicted molar refractivity (Wildman–Crippen MR) is 144 cm³/mol. The molecule has 0 fully saturated rings. The van der Waals surface area contributed by atoms with Crippen molar-refractivity contribution < 1.29 is 5.11 Å². The molecule has 0 atom stereocenters. The third-order valence-electron chi connectivity index (χ3n) is 5.62. The van der Waals surface area contributed by atoms with Crippen LogP contribution in [0.2, 0.25) is 5.02 Å². The van der Waals surface area contributed by atoms with Gasteiger partial charge in [-0.3, -0.25) is 4.79 Å². The average Bonchev–Trinajstić information content (AvgIpc) is 2.92. The second-order valence-corrected chi connectivity index (χ2v) is 8.88. The number of hydrogen-bond donors (Lipinski definition) is 2. The number of nitrogens with one attached hydrogen (secondary N) is 1. The highest BCUT2D eigenvalue weighted by atomic mass is 35.5. The molecule has 176 valence electrons. The number of pyridine rings is 1. The molecule has 2 N–H and O–H groups in total. The van der Waals surface area contributed by atoms with E-state index in [0.717, 1.165) is 40.2 Å². The molecule has 2 aromatic rings. The Bertz CT molecular complexity index is 1240. The van der Waals surface area contributed by atoms with Crippen molar-refractivity contribution in [2.24, 2.45) is 0 Å². The minimum atomic E-state index is -0.305. The van der Waals surface area contributed by atoms with Crippen molar-refractivity contribution in [3.63, 3.8) is 0 Å². The molecule has 0 saturated heterocycles. The molecule has 0 spiro atoms. The molecule has 0 bridgehead atoms. The Kier molecular flexibility index (Phi) is 9.82. The summed E-state index contributed by atoms with van der Waals surface area (Å²) in [6, 6.07) is 5.07. The van der Waals surface area contributed by atoms with Gasteiger partial charge in [-0.15, -0.1) is 0 Å². The Morgan fingerprint density at radius 3 is 2.52 bits per heavy atom. The summed E-state index contributed by atoms with van der Waals surface area (Å²) >= 11 is 12.1. The number of aromatic nitrogens is 1. The molecular formula is C28H33Cl2NO2. The van der Waals surface area contributed by atoms with E-state index in [1.807, 2.05) is 39.8 Å². The minimum absolute atomic E-state index is 0.0331. The zero-order valence-corrected chi connectivity index (χ0v) is 21.8. The number of H-pyrrole nitrogens is 1. The van der Waals surface area contributed by atoms with Crippen LogP contribution in [-0.4, -0.2) is 10.1 Å². The van der Waals surface area contributed by atoms with Crippen molar-refractivity contribution in [3.05, 3.63) is 90.8 Å². The lowest BCUT2D eigenvalue weighted by Crippen LogP contribution is -2.13. The minimum Gasteiger partial charge on any atom is -0.506 e. The van der Waals surface area contributed by atoms with Gasteiger partial charge >= 0.3 is 0 Å². The fraction of sp³-hybridized carbons (Fsp3) is 0.321. The van der Waals surface area contributed by atoms with Crippen molar-refractivity contribution in [3.8, 4) is 5.75 Å². The highest BCUT2D eigenvalue weighted by molar-refractivity contribution is 6.31.